The van der Waals surface area contributed by atoms with Gasteiger partial charge in [0.05, 0.1) is 11.9 Å². The molecule has 18 heavy (non-hydrogen) atoms. The summed E-state index contributed by atoms with van der Waals surface area (Å²) in [5.41, 5.74) is 1.04. The minimum Gasteiger partial charge on any atom is -0.344 e. The van der Waals surface area contributed by atoms with E-state index in [0.717, 1.165) is 34.9 Å². The first-order chi connectivity index (χ1) is 8.79. The quantitative estimate of drug-likeness (QED) is 0.779. The molecule has 0 N–H and O–H groups in total. The lowest BCUT2D eigenvalue weighted by Crippen LogP contribution is -2.50. The number of fused-ring (bicyclic) bond motifs is 2. The summed E-state index contributed by atoms with van der Waals surface area (Å²) in [5.74, 6) is 0. The zero-order valence-electron chi connectivity index (χ0n) is 10.5. The standard InChI is InChI=1S/C12H17N5S/c1-9-7-17-11(13-9)18-12(14-17)16-6-5-15-4-2-3-10(15)8-16/h7,10H,2-6,8H2,1H3/t10-/m1/s1. The smallest absolute Gasteiger partial charge is 0.214 e. The van der Waals surface area contributed by atoms with Crippen molar-refractivity contribution in [1.82, 2.24) is 19.5 Å². The minimum absolute atomic E-state index is 0.747. The molecule has 4 rings (SSSR count). The van der Waals surface area contributed by atoms with Crippen molar-refractivity contribution in [3.8, 4) is 0 Å². The largest absolute Gasteiger partial charge is 0.344 e. The number of aryl methyl sites for hydroxylation is 1. The Morgan fingerprint density at radius 2 is 2.28 bits per heavy atom. The molecule has 0 amide bonds. The number of aromatic nitrogens is 3. The first-order valence-corrected chi connectivity index (χ1v) is 7.43. The van der Waals surface area contributed by atoms with Crippen LogP contribution in [0.4, 0.5) is 5.13 Å². The average Bonchev–Trinajstić information content (AvgIpc) is 3.00. The highest BCUT2D eigenvalue weighted by Gasteiger charge is 2.31. The molecule has 2 aliphatic heterocycles. The monoisotopic (exact) mass is 263 g/mol. The third-order valence-corrected chi connectivity index (χ3v) is 4.99. The van der Waals surface area contributed by atoms with E-state index in [1.165, 1.54) is 25.9 Å². The van der Waals surface area contributed by atoms with Crippen molar-refractivity contribution in [2.45, 2.75) is 25.8 Å². The van der Waals surface area contributed by atoms with Gasteiger partial charge >= 0.3 is 0 Å². The van der Waals surface area contributed by atoms with Crippen LogP contribution >= 0.6 is 11.3 Å². The van der Waals surface area contributed by atoms with E-state index in [2.05, 4.69) is 19.9 Å². The number of imidazole rings is 1. The second kappa shape index (κ2) is 3.93. The van der Waals surface area contributed by atoms with Crippen LogP contribution in [0.1, 0.15) is 18.5 Å². The van der Waals surface area contributed by atoms with E-state index < -0.39 is 0 Å². The fourth-order valence-corrected chi connectivity index (χ4v) is 4.05. The number of piperazine rings is 1. The van der Waals surface area contributed by atoms with Gasteiger partial charge in [-0.1, -0.05) is 11.3 Å². The molecular weight excluding hydrogens is 246 g/mol. The van der Waals surface area contributed by atoms with Gasteiger partial charge in [-0.15, -0.1) is 5.10 Å². The molecule has 5 nitrogen and oxygen atoms in total. The average molecular weight is 263 g/mol. The third kappa shape index (κ3) is 1.63. The van der Waals surface area contributed by atoms with E-state index in [1.54, 1.807) is 11.3 Å². The van der Waals surface area contributed by atoms with Crippen molar-refractivity contribution >= 4 is 21.4 Å². The van der Waals surface area contributed by atoms with Crippen LogP contribution in [-0.4, -0.2) is 51.7 Å². The summed E-state index contributed by atoms with van der Waals surface area (Å²) in [6.07, 6.45) is 4.71. The summed E-state index contributed by atoms with van der Waals surface area (Å²) in [4.78, 5) is 10.5. The highest BCUT2D eigenvalue weighted by molar-refractivity contribution is 7.20. The summed E-state index contributed by atoms with van der Waals surface area (Å²) in [7, 11) is 0. The van der Waals surface area contributed by atoms with Gasteiger partial charge in [0.2, 0.25) is 10.1 Å². The van der Waals surface area contributed by atoms with Crippen molar-refractivity contribution in [3.63, 3.8) is 0 Å². The normalized spacial score (nSPS) is 24.9. The number of anilines is 1. The lowest BCUT2D eigenvalue weighted by Gasteiger charge is -2.37. The van der Waals surface area contributed by atoms with Crippen molar-refractivity contribution in [2.75, 3.05) is 31.1 Å². The fourth-order valence-electron chi connectivity index (χ4n) is 3.09. The number of nitrogens with zero attached hydrogens (tertiary/aromatic N) is 5. The molecular formula is C12H17N5S. The Labute approximate surface area is 110 Å². The zero-order chi connectivity index (χ0) is 12.1. The SMILES string of the molecule is Cc1cn2nc(N3CCN4CCC[C@@H]4C3)sc2n1. The first kappa shape index (κ1) is 10.8. The molecule has 96 valence electrons. The number of rotatable bonds is 1. The van der Waals surface area contributed by atoms with Gasteiger partial charge < -0.3 is 4.90 Å². The van der Waals surface area contributed by atoms with E-state index in [1.807, 2.05) is 17.6 Å². The van der Waals surface area contributed by atoms with Crippen LogP contribution in [0.15, 0.2) is 6.20 Å². The summed E-state index contributed by atoms with van der Waals surface area (Å²) in [6, 6.07) is 0.747. The molecule has 1 atom stereocenters. The lowest BCUT2D eigenvalue weighted by molar-refractivity contribution is 0.230. The maximum Gasteiger partial charge on any atom is 0.214 e. The topological polar surface area (TPSA) is 36.7 Å². The van der Waals surface area contributed by atoms with Crippen LogP contribution < -0.4 is 4.90 Å². The van der Waals surface area contributed by atoms with Gasteiger partial charge in [0, 0.05) is 25.7 Å². The number of hydrogen-bond donors (Lipinski definition) is 0. The van der Waals surface area contributed by atoms with Gasteiger partial charge in [0.1, 0.15) is 0 Å². The third-order valence-electron chi connectivity index (χ3n) is 4.01. The summed E-state index contributed by atoms with van der Waals surface area (Å²) in [5, 5.41) is 5.78. The minimum atomic E-state index is 0.747. The highest BCUT2D eigenvalue weighted by atomic mass is 32.1. The first-order valence-electron chi connectivity index (χ1n) is 6.61. The van der Waals surface area contributed by atoms with Crippen LogP contribution in [-0.2, 0) is 0 Å². The Kier molecular flexibility index (Phi) is 2.35. The maximum atomic E-state index is 4.65. The Morgan fingerprint density at radius 1 is 1.33 bits per heavy atom. The van der Waals surface area contributed by atoms with Gasteiger partial charge in [-0.25, -0.2) is 9.50 Å². The Hall–Kier alpha value is -1.14. The Morgan fingerprint density at radius 3 is 3.17 bits per heavy atom. The molecule has 4 heterocycles. The molecule has 0 aromatic carbocycles. The molecule has 6 heteroatoms. The Bertz CT molecular complexity index is 543. The van der Waals surface area contributed by atoms with E-state index in [0.29, 0.717) is 0 Å². The van der Waals surface area contributed by atoms with E-state index in [4.69, 9.17) is 0 Å². The van der Waals surface area contributed by atoms with Crippen LogP contribution in [0.2, 0.25) is 0 Å². The highest BCUT2D eigenvalue weighted by Crippen LogP contribution is 2.28. The van der Waals surface area contributed by atoms with Gasteiger partial charge in [0.15, 0.2) is 0 Å². The van der Waals surface area contributed by atoms with Crippen molar-refractivity contribution in [3.05, 3.63) is 11.9 Å². The van der Waals surface area contributed by atoms with E-state index >= 15 is 0 Å². The van der Waals surface area contributed by atoms with Crippen LogP contribution in [0.25, 0.3) is 4.96 Å². The van der Waals surface area contributed by atoms with Gasteiger partial charge in [-0.2, -0.15) is 0 Å². The van der Waals surface area contributed by atoms with Crippen molar-refractivity contribution in [1.29, 1.82) is 0 Å². The van der Waals surface area contributed by atoms with E-state index in [9.17, 15) is 0 Å². The summed E-state index contributed by atoms with van der Waals surface area (Å²) in [6.45, 7) is 6.73. The predicted octanol–water partition coefficient (Wildman–Crippen LogP) is 1.38. The summed E-state index contributed by atoms with van der Waals surface area (Å²) >= 11 is 1.71. The molecule has 0 saturated carbocycles. The molecule has 2 aliphatic rings. The molecule has 2 aromatic heterocycles. The van der Waals surface area contributed by atoms with Crippen LogP contribution in [0.5, 0.6) is 0 Å². The fraction of sp³-hybridized carbons (Fsp3) is 0.667. The second-order valence-electron chi connectivity index (χ2n) is 5.27. The lowest BCUT2D eigenvalue weighted by atomic mass is 10.2. The van der Waals surface area contributed by atoms with Gasteiger partial charge in [-0.3, -0.25) is 4.90 Å². The van der Waals surface area contributed by atoms with Crippen molar-refractivity contribution in [2.24, 2.45) is 0 Å². The number of hydrogen-bond acceptors (Lipinski definition) is 5. The van der Waals surface area contributed by atoms with Crippen LogP contribution in [0, 0.1) is 6.92 Å². The van der Waals surface area contributed by atoms with Crippen LogP contribution in [0.3, 0.4) is 0 Å². The molecule has 0 spiro atoms. The van der Waals surface area contributed by atoms with Crippen molar-refractivity contribution < 1.29 is 0 Å². The molecule has 0 bridgehead atoms. The molecule has 0 unspecified atom stereocenters. The maximum absolute atomic E-state index is 4.65. The molecule has 2 fully saturated rings. The zero-order valence-corrected chi connectivity index (χ0v) is 11.4. The van der Waals surface area contributed by atoms with E-state index in [-0.39, 0.29) is 0 Å². The summed E-state index contributed by atoms with van der Waals surface area (Å²) < 4.78 is 1.91. The molecule has 0 radical (unpaired) electrons. The molecule has 2 saturated heterocycles. The molecule has 2 aromatic rings. The van der Waals surface area contributed by atoms with Gasteiger partial charge in [0.25, 0.3) is 0 Å². The molecule has 0 aliphatic carbocycles. The predicted molar refractivity (Wildman–Crippen MR) is 72.4 cm³/mol. The van der Waals surface area contributed by atoms with Gasteiger partial charge in [-0.05, 0) is 26.3 Å². The second-order valence-corrected chi connectivity index (χ2v) is 6.21. The Balaban J connectivity index is 1.60.